The number of nitrogens with zero attached hydrogens (tertiary/aromatic N) is 5. The van der Waals surface area contributed by atoms with Crippen molar-refractivity contribution in [1.29, 1.82) is 0 Å². The van der Waals surface area contributed by atoms with Gasteiger partial charge >= 0.3 is 0 Å². The Hall–Kier alpha value is -4.10. The molecule has 0 saturated carbocycles. The number of nitrogens with one attached hydrogen (secondary N) is 1. The van der Waals surface area contributed by atoms with Gasteiger partial charge in [0.25, 0.3) is 5.56 Å². The van der Waals surface area contributed by atoms with Crippen LogP contribution in [0.5, 0.6) is 0 Å². The largest absolute Gasteiger partial charge is 0.322 e. The van der Waals surface area contributed by atoms with Gasteiger partial charge in [0.2, 0.25) is 0 Å². The lowest BCUT2D eigenvalue weighted by Gasteiger charge is -2.33. The summed E-state index contributed by atoms with van der Waals surface area (Å²) < 4.78 is 1.85. The Labute approximate surface area is 242 Å². The second-order valence-electron chi connectivity index (χ2n) is 13.0. The van der Waals surface area contributed by atoms with Crippen molar-refractivity contribution in [2.24, 2.45) is 0 Å². The smallest absolute Gasteiger partial charge is 0.253 e. The van der Waals surface area contributed by atoms with Crippen molar-refractivity contribution in [2.75, 3.05) is 0 Å². The molecule has 5 aromatic rings. The first-order valence-electron chi connectivity index (χ1n) is 14.2. The second-order valence-corrected chi connectivity index (χ2v) is 13.0. The van der Waals surface area contributed by atoms with E-state index in [0.717, 1.165) is 27.6 Å². The Morgan fingerprint density at radius 3 is 2.15 bits per heavy atom. The minimum Gasteiger partial charge on any atom is -0.322 e. The van der Waals surface area contributed by atoms with Gasteiger partial charge in [0.05, 0.1) is 5.54 Å². The van der Waals surface area contributed by atoms with Crippen molar-refractivity contribution in [2.45, 2.75) is 78.6 Å². The van der Waals surface area contributed by atoms with Crippen LogP contribution in [-0.2, 0) is 24.0 Å². The highest BCUT2D eigenvalue weighted by Gasteiger charge is 2.33. The molecule has 0 spiro atoms. The average molecular weight is 549 g/mol. The summed E-state index contributed by atoms with van der Waals surface area (Å²) in [5.74, 6) is 0.636. The fraction of sp³-hybridized carbons (Fsp3) is 0.353. The van der Waals surface area contributed by atoms with E-state index in [1.54, 1.807) is 0 Å². The maximum absolute atomic E-state index is 13.8. The molecular formula is C34H40N6O. The third kappa shape index (κ3) is 6.30. The number of tetrazole rings is 1. The van der Waals surface area contributed by atoms with Gasteiger partial charge in [-0.2, -0.15) is 0 Å². The van der Waals surface area contributed by atoms with Crippen molar-refractivity contribution in [3.05, 3.63) is 123 Å². The fourth-order valence-corrected chi connectivity index (χ4v) is 5.29. The highest BCUT2D eigenvalue weighted by atomic mass is 16.1. The first-order valence-corrected chi connectivity index (χ1v) is 14.2. The van der Waals surface area contributed by atoms with Crippen molar-refractivity contribution >= 4 is 10.9 Å². The molecule has 0 bridgehead atoms. The van der Waals surface area contributed by atoms with E-state index in [0.29, 0.717) is 24.5 Å². The number of hydrogen-bond acceptors (Lipinski definition) is 5. The number of fused-ring (bicyclic) bond motifs is 1. The summed E-state index contributed by atoms with van der Waals surface area (Å²) in [7, 11) is 0. The van der Waals surface area contributed by atoms with Crippen LogP contribution >= 0.6 is 0 Å². The molecule has 7 heteroatoms. The molecule has 0 fully saturated rings. The molecule has 2 aromatic heterocycles. The lowest BCUT2D eigenvalue weighted by Crippen LogP contribution is -2.37. The van der Waals surface area contributed by atoms with Crippen LogP contribution in [0.1, 0.15) is 81.2 Å². The van der Waals surface area contributed by atoms with Gasteiger partial charge in [-0.3, -0.25) is 9.69 Å². The highest BCUT2D eigenvalue weighted by Crippen LogP contribution is 2.32. The maximum Gasteiger partial charge on any atom is 0.253 e. The first kappa shape index (κ1) is 28.4. The van der Waals surface area contributed by atoms with Crippen LogP contribution in [0, 0.1) is 6.92 Å². The van der Waals surface area contributed by atoms with E-state index in [2.05, 4.69) is 116 Å². The van der Waals surface area contributed by atoms with Crippen LogP contribution in [0.3, 0.4) is 0 Å². The molecule has 7 nitrogen and oxygen atoms in total. The molecule has 5 rings (SSSR count). The zero-order valence-corrected chi connectivity index (χ0v) is 25.1. The average Bonchev–Trinajstić information content (AvgIpc) is 3.40. The number of aryl methyl sites for hydroxylation is 1. The van der Waals surface area contributed by atoms with Crippen LogP contribution in [0.15, 0.2) is 83.7 Å². The first-order chi connectivity index (χ1) is 19.4. The quantitative estimate of drug-likeness (QED) is 0.246. The monoisotopic (exact) mass is 548 g/mol. The lowest BCUT2D eigenvalue weighted by atomic mass is 9.86. The maximum atomic E-state index is 13.8. The summed E-state index contributed by atoms with van der Waals surface area (Å²) in [6, 6.07) is 26.7. The van der Waals surface area contributed by atoms with E-state index < -0.39 is 6.04 Å². The lowest BCUT2D eigenvalue weighted by molar-refractivity contribution is 0.184. The van der Waals surface area contributed by atoms with Crippen LogP contribution in [-0.4, -0.2) is 30.1 Å². The van der Waals surface area contributed by atoms with Crippen LogP contribution in [0.25, 0.3) is 10.9 Å². The number of pyridine rings is 1. The third-order valence-electron chi connectivity index (χ3n) is 7.50. The van der Waals surface area contributed by atoms with Gasteiger partial charge in [0, 0.05) is 24.2 Å². The van der Waals surface area contributed by atoms with E-state index in [9.17, 15) is 4.79 Å². The SMILES string of the molecule is Cc1ccc2[nH]c(=O)c([C@@H](c3nnnn3C(C)(C)C)N(Cc3ccccc3)Cc3ccc(C(C)(C)C)cc3)cc2c1. The summed E-state index contributed by atoms with van der Waals surface area (Å²) in [5, 5.41) is 14.0. The Bertz CT molecular complexity index is 1690. The molecule has 212 valence electrons. The Balaban J connectivity index is 1.70. The zero-order chi connectivity index (χ0) is 29.4. The molecule has 0 amide bonds. The molecular weight excluding hydrogens is 508 g/mol. The van der Waals surface area contributed by atoms with Gasteiger partial charge in [-0.15, -0.1) is 5.10 Å². The van der Waals surface area contributed by atoms with Gasteiger partial charge in [0.15, 0.2) is 5.82 Å². The van der Waals surface area contributed by atoms with Gasteiger partial charge in [-0.1, -0.05) is 87.0 Å². The Morgan fingerprint density at radius 1 is 0.854 bits per heavy atom. The number of aromatic nitrogens is 5. The minimum absolute atomic E-state index is 0.0656. The summed E-state index contributed by atoms with van der Waals surface area (Å²) in [5.41, 5.74) is 5.68. The molecule has 2 heterocycles. The zero-order valence-electron chi connectivity index (χ0n) is 25.1. The fourth-order valence-electron chi connectivity index (χ4n) is 5.29. The highest BCUT2D eigenvalue weighted by molar-refractivity contribution is 5.79. The molecule has 0 radical (unpaired) electrons. The molecule has 3 aromatic carbocycles. The molecule has 1 N–H and O–H groups in total. The van der Waals surface area contributed by atoms with Crippen molar-refractivity contribution < 1.29 is 0 Å². The van der Waals surface area contributed by atoms with Gasteiger partial charge < -0.3 is 4.98 Å². The number of aromatic amines is 1. The van der Waals surface area contributed by atoms with Crippen LogP contribution in [0.4, 0.5) is 0 Å². The van der Waals surface area contributed by atoms with E-state index in [1.807, 2.05) is 41.1 Å². The second kappa shape index (κ2) is 11.1. The molecule has 0 aliphatic heterocycles. The molecule has 0 unspecified atom stereocenters. The van der Waals surface area contributed by atoms with E-state index in [1.165, 1.54) is 5.56 Å². The number of benzene rings is 3. The summed E-state index contributed by atoms with van der Waals surface area (Å²) in [4.78, 5) is 19.3. The molecule has 41 heavy (non-hydrogen) atoms. The van der Waals surface area contributed by atoms with Gasteiger partial charge in [-0.05, 0) is 83.8 Å². The summed E-state index contributed by atoms with van der Waals surface area (Å²) in [6.07, 6.45) is 0. The topological polar surface area (TPSA) is 79.7 Å². The predicted octanol–water partition coefficient (Wildman–Crippen LogP) is 6.67. The Morgan fingerprint density at radius 2 is 1.51 bits per heavy atom. The van der Waals surface area contributed by atoms with Crippen molar-refractivity contribution in [3.63, 3.8) is 0 Å². The minimum atomic E-state index is -0.500. The molecule has 0 saturated heterocycles. The molecule has 0 aliphatic carbocycles. The van der Waals surface area contributed by atoms with E-state index in [4.69, 9.17) is 0 Å². The molecule has 0 aliphatic rings. The normalized spacial score (nSPS) is 13.2. The summed E-state index contributed by atoms with van der Waals surface area (Å²) in [6.45, 7) is 16.2. The predicted molar refractivity (Wildman–Crippen MR) is 165 cm³/mol. The Kier molecular flexibility index (Phi) is 7.66. The van der Waals surface area contributed by atoms with Crippen molar-refractivity contribution in [3.8, 4) is 0 Å². The van der Waals surface area contributed by atoms with Crippen LogP contribution in [0.2, 0.25) is 0 Å². The third-order valence-corrected chi connectivity index (χ3v) is 7.50. The number of H-pyrrole nitrogens is 1. The number of hydrogen-bond donors (Lipinski definition) is 1. The van der Waals surface area contributed by atoms with Crippen molar-refractivity contribution in [1.82, 2.24) is 30.1 Å². The summed E-state index contributed by atoms with van der Waals surface area (Å²) >= 11 is 0. The number of rotatable bonds is 7. The van der Waals surface area contributed by atoms with E-state index in [-0.39, 0.29) is 16.5 Å². The van der Waals surface area contributed by atoms with Crippen LogP contribution < -0.4 is 5.56 Å². The van der Waals surface area contributed by atoms with Gasteiger partial charge in [-0.25, -0.2) is 4.68 Å². The molecule has 1 atom stereocenters. The van der Waals surface area contributed by atoms with E-state index >= 15 is 0 Å². The standard InChI is InChI=1S/C34H40N6O/c1-23-13-18-29-26(19-23)20-28(32(41)35-29)30(31-36-37-38-40(31)34(5,6)7)39(21-24-11-9-8-10-12-24)22-25-14-16-27(17-15-25)33(2,3)4/h8-20,30H,21-22H2,1-7H3,(H,35,41)/t30-/m0/s1. The van der Waals surface area contributed by atoms with Gasteiger partial charge in [0.1, 0.15) is 6.04 Å².